The molecule has 1 heterocycles. The van der Waals surface area contributed by atoms with Crippen molar-refractivity contribution in [1.29, 1.82) is 0 Å². The van der Waals surface area contributed by atoms with Crippen LogP contribution in [0.4, 0.5) is 0 Å². The van der Waals surface area contributed by atoms with E-state index in [0.29, 0.717) is 11.1 Å². The van der Waals surface area contributed by atoms with Gasteiger partial charge in [0.05, 0.1) is 12.7 Å². The topological polar surface area (TPSA) is 163 Å². The van der Waals surface area contributed by atoms with Crippen molar-refractivity contribution in [2.45, 2.75) is 12.0 Å². The molecule has 0 aromatic heterocycles. The van der Waals surface area contributed by atoms with Gasteiger partial charge in [-0.15, -0.1) is 0 Å². The Morgan fingerprint density at radius 2 is 1.44 bits per heavy atom. The third-order valence-electron chi connectivity index (χ3n) is 3.86. The molecule has 0 bridgehead atoms. The number of hydrogen-bond donors (Lipinski definition) is 5. The first-order valence-corrected chi connectivity index (χ1v) is 10.6. The number of phosphoric acid groups is 2. The molecule has 0 spiro atoms. The molecule has 0 aliphatic carbocycles. The molecule has 0 saturated heterocycles. The number of phosphoric ester groups is 2. The molecule has 146 valence electrons. The van der Waals surface area contributed by atoms with Gasteiger partial charge < -0.3 is 18.9 Å². The molecular formula is C15H16O10P2. The summed E-state index contributed by atoms with van der Waals surface area (Å²) in [6.07, 6.45) is -0.966. The van der Waals surface area contributed by atoms with Crippen LogP contribution in [0.5, 0.6) is 17.2 Å². The lowest BCUT2D eigenvalue weighted by molar-refractivity contribution is 0.0887. The number of aliphatic hydroxyl groups excluding tert-OH is 1. The fraction of sp³-hybridized carbons (Fsp3) is 0.200. The second-order valence-electron chi connectivity index (χ2n) is 5.79. The van der Waals surface area contributed by atoms with Crippen molar-refractivity contribution in [1.82, 2.24) is 0 Å². The fourth-order valence-corrected chi connectivity index (χ4v) is 3.54. The molecule has 0 amide bonds. The molecular weight excluding hydrogens is 402 g/mol. The quantitative estimate of drug-likeness (QED) is 0.453. The normalized spacial score (nSPS) is 19.7. The number of aliphatic hydroxyl groups is 1. The Balaban J connectivity index is 1.79. The van der Waals surface area contributed by atoms with Crippen molar-refractivity contribution in [3.8, 4) is 17.2 Å². The second kappa shape index (κ2) is 7.26. The molecule has 0 saturated carbocycles. The number of rotatable bonds is 5. The Hall–Kier alpha value is -1.90. The van der Waals surface area contributed by atoms with Crippen LogP contribution in [0, 0.1) is 0 Å². The molecule has 2 aromatic rings. The molecule has 2 atom stereocenters. The minimum Gasteiger partial charge on any atom is -0.492 e. The Labute approximate surface area is 153 Å². The van der Waals surface area contributed by atoms with Crippen molar-refractivity contribution in [3.63, 3.8) is 0 Å². The Morgan fingerprint density at radius 3 is 2.04 bits per heavy atom. The lowest BCUT2D eigenvalue weighted by Gasteiger charge is -2.31. The average Bonchev–Trinajstić information content (AvgIpc) is 2.53. The number of benzene rings is 2. The maximum Gasteiger partial charge on any atom is 0.524 e. The Bertz CT molecular complexity index is 917. The molecule has 2 unspecified atom stereocenters. The largest absolute Gasteiger partial charge is 0.524 e. The van der Waals surface area contributed by atoms with Gasteiger partial charge in [0, 0.05) is 17.5 Å². The van der Waals surface area contributed by atoms with Crippen molar-refractivity contribution in [3.05, 3.63) is 53.6 Å². The molecule has 1 aliphatic rings. The van der Waals surface area contributed by atoms with Crippen LogP contribution < -0.4 is 13.8 Å². The van der Waals surface area contributed by atoms with Crippen LogP contribution in [-0.4, -0.2) is 31.3 Å². The van der Waals surface area contributed by atoms with Crippen LogP contribution in [-0.2, 0) is 9.13 Å². The highest BCUT2D eigenvalue weighted by molar-refractivity contribution is 7.47. The van der Waals surface area contributed by atoms with Crippen LogP contribution >= 0.6 is 15.6 Å². The van der Waals surface area contributed by atoms with E-state index in [1.54, 1.807) is 12.1 Å². The Kier molecular flexibility index (Phi) is 5.33. The van der Waals surface area contributed by atoms with Crippen molar-refractivity contribution < 1.29 is 47.6 Å². The van der Waals surface area contributed by atoms with E-state index in [1.807, 2.05) is 0 Å². The maximum absolute atomic E-state index is 10.9. The highest BCUT2D eigenvalue weighted by Crippen LogP contribution is 2.45. The molecule has 1 aliphatic heterocycles. The molecule has 5 N–H and O–H groups in total. The van der Waals surface area contributed by atoms with Gasteiger partial charge in [-0.25, -0.2) is 9.13 Å². The van der Waals surface area contributed by atoms with Crippen LogP contribution in [0.1, 0.15) is 23.1 Å². The number of fused-ring (bicyclic) bond motifs is 1. The van der Waals surface area contributed by atoms with E-state index in [1.165, 1.54) is 30.3 Å². The lowest BCUT2D eigenvalue weighted by atomic mass is 9.87. The first kappa shape index (κ1) is 19.9. The average molecular weight is 418 g/mol. The summed E-state index contributed by atoms with van der Waals surface area (Å²) in [6.45, 7) is 0.0756. The standard InChI is InChI=1S/C15H16O10P2/c16-15-12-6-5-11(25-27(20,21)22)7-14(12)23-8-13(15)9-1-3-10(4-2-9)24-26(17,18)19/h1-7,13,15-16H,8H2,(H2,17,18,19)(H2,20,21,22). The minimum atomic E-state index is -4.70. The lowest BCUT2D eigenvalue weighted by Crippen LogP contribution is -2.24. The van der Waals surface area contributed by atoms with Crippen molar-refractivity contribution >= 4 is 15.6 Å². The summed E-state index contributed by atoms with van der Waals surface area (Å²) < 4.78 is 36.3. The zero-order valence-electron chi connectivity index (χ0n) is 13.6. The SMILES string of the molecule is O=P(O)(O)Oc1ccc(C2COc3cc(OP(=O)(O)O)ccc3C2O)cc1. The van der Waals surface area contributed by atoms with Crippen LogP contribution in [0.25, 0.3) is 0 Å². The van der Waals surface area contributed by atoms with Crippen molar-refractivity contribution in [2.24, 2.45) is 0 Å². The molecule has 27 heavy (non-hydrogen) atoms. The molecule has 0 fully saturated rings. The van der Waals surface area contributed by atoms with Crippen LogP contribution in [0.15, 0.2) is 42.5 Å². The summed E-state index contributed by atoms with van der Waals surface area (Å²) >= 11 is 0. The predicted molar refractivity (Wildman–Crippen MR) is 91.4 cm³/mol. The van der Waals surface area contributed by atoms with Gasteiger partial charge in [-0.1, -0.05) is 12.1 Å². The summed E-state index contributed by atoms with van der Waals surface area (Å²) in [7, 11) is -9.36. The smallest absolute Gasteiger partial charge is 0.492 e. The highest BCUT2D eigenvalue weighted by Gasteiger charge is 2.31. The van der Waals surface area contributed by atoms with Gasteiger partial charge in [-0.3, -0.25) is 19.6 Å². The van der Waals surface area contributed by atoms with Gasteiger partial charge in [0.15, 0.2) is 0 Å². The van der Waals surface area contributed by atoms with E-state index in [2.05, 4.69) is 9.05 Å². The predicted octanol–water partition coefficient (Wildman–Crippen LogP) is 1.84. The maximum atomic E-state index is 10.9. The zero-order chi connectivity index (χ0) is 19.8. The summed E-state index contributed by atoms with van der Waals surface area (Å²) in [5.41, 5.74) is 1.07. The van der Waals surface area contributed by atoms with E-state index >= 15 is 0 Å². The molecule has 0 radical (unpaired) electrons. The fourth-order valence-electron chi connectivity index (χ4n) is 2.76. The van der Waals surface area contributed by atoms with E-state index in [0.717, 1.165) is 0 Å². The molecule has 3 rings (SSSR count). The van der Waals surface area contributed by atoms with E-state index in [9.17, 15) is 14.2 Å². The van der Waals surface area contributed by atoms with Crippen molar-refractivity contribution in [2.75, 3.05) is 6.61 Å². The number of ether oxygens (including phenoxy) is 1. The van der Waals surface area contributed by atoms with Crippen LogP contribution in [0.2, 0.25) is 0 Å². The van der Waals surface area contributed by atoms with E-state index in [-0.39, 0.29) is 23.9 Å². The summed E-state index contributed by atoms with van der Waals surface area (Å²) in [6, 6.07) is 9.88. The molecule has 10 nitrogen and oxygen atoms in total. The summed E-state index contributed by atoms with van der Waals surface area (Å²) in [5.74, 6) is -0.328. The van der Waals surface area contributed by atoms with Gasteiger partial charge in [0.1, 0.15) is 17.2 Å². The second-order valence-corrected chi connectivity index (χ2v) is 8.12. The van der Waals surface area contributed by atoms with Gasteiger partial charge in [-0.2, -0.15) is 0 Å². The first-order valence-electron chi connectivity index (χ1n) is 7.57. The third kappa shape index (κ3) is 5.09. The van der Waals surface area contributed by atoms with Gasteiger partial charge in [0.25, 0.3) is 0 Å². The molecule has 12 heteroatoms. The molecule has 2 aromatic carbocycles. The first-order chi connectivity index (χ1) is 12.5. The highest BCUT2D eigenvalue weighted by atomic mass is 31.2. The Morgan fingerprint density at radius 1 is 0.889 bits per heavy atom. The van der Waals surface area contributed by atoms with Gasteiger partial charge >= 0.3 is 15.6 Å². The minimum absolute atomic E-state index is 0.0158. The summed E-state index contributed by atoms with van der Waals surface area (Å²) in [5, 5.41) is 10.6. The van der Waals surface area contributed by atoms with E-state index < -0.39 is 27.7 Å². The third-order valence-corrected chi connectivity index (χ3v) is 4.76. The van der Waals surface area contributed by atoms with Gasteiger partial charge in [-0.05, 0) is 29.8 Å². The zero-order valence-corrected chi connectivity index (χ0v) is 15.4. The van der Waals surface area contributed by atoms with Gasteiger partial charge in [0.2, 0.25) is 0 Å². The summed E-state index contributed by atoms with van der Waals surface area (Å²) in [4.78, 5) is 35.3. The van der Waals surface area contributed by atoms with E-state index in [4.69, 9.17) is 24.3 Å². The van der Waals surface area contributed by atoms with Crippen LogP contribution in [0.3, 0.4) is 0 Å². The number of hydrogen-bond acceptors (Lipinski definition) is 6. The monoisotopic (exact) mass is 418 g/mol.